The maximum Gasteiger partial charge on any atom is 0.328 e. The van der Waals surface area contributed by atoms with Gasteiger partial charge in [-0.25, -0.2) is 4.79 Å². The van der Waals surface area contributed by atoms with Crippen LogP contribution in [-0.4, -0.2) is 23.7 Å². The van der Waals surface area contributed by atoms with Gasteiger partial charge in [-0.3, -0.25) is 4.79 Å². The van der Waals surface area contributed by atoms with Crippen molar-refractivity contribution in [2.75, 3.05) is 6.61 Å². The van der Waals surface area contributed by atoms with E-state index in [0.717, 1.165) is 6.08 Å². The van der Waals surface area contributed by atoms with E-state index in [4.69, 9.17) is 14.6 Å². The Morgan fingerprint density at radius 1 is 1.37 bits per heavy atom. The van der Waals surface area contributed by atoms with Crippen LogP contribution in [0.3, 0.4) is 0 Å². The molecule has 0 spiro atoms. The predicted molar refractivity (Wildman–Crippen MR) is 73.3 cm³/mol. The molecule has 0 unspecified atom stereocenters. The van der Waals surface area contributed by atoms with E-state index < -0.39 is 11.9 Å². The van der Waals surface area contributed by atoms with Crippen molar-refractivity contribution in [3.05, 3.63) is 28.2 Å². The number of carbonyl (C=O) groups is 2. The van der Waals surface area contributed by atoms with Crippen molar-refractivity contribution < 1.29 is 24.2 Å². The molecule has 0 radical (unpaired) electrons. The van der Waals surface area contributed by atoms with Crippen molar-refractivity contribution in [1.29, 1.82) is 0 Å². The molecule has 0 aliphatic heterocycles. The van der Waals surface area contributed by atoms with E-state index in [1.165, 1.54) is 13.0 Å². The minimum atomic E-state index is -1.05. The summed E-state index contributed by atoms with van der Waals surface area (Å²) in [5, 5.41) is 8.61. The largest absolute Gasteiger partial charge is 0.490 e. The molecule has 6 heteroatoms. The molecule has 0 saturated heterocycles. The van der Waals surface area contributed by atoms with Crippen LogP contribution >= 0.6 is 15.9 Å². The molecule has 1 N–H and O–H groups in total. The Labute approximate surface area is 119 Å². The highest BCUT2D eigenvalue weighted by Crippen LogP contribution is 2.34. The number of rotatable bonds is 5. The molecule has 0 bridgehead atoms. The Kier molecular flexibility index (Phi) is 5.57. The highest BCUT2D eigenvalue weighted by molar-refractivity contribution is 9.10. The molecular formula is C13H13BrO5. The van der Waals surface area contributed by atoms with Crippen molar-refractivity contribution >= 4 is 33.9 Å². The second-order valence-electron chi connectivity index (χ2n) is 3.52. The summed E-state index contributed by atoms with van der Waals surface area (Å²) in [4.78, 5) is 21.5. The summed E-state index contributed by atoms with van der Waals surface area (Å²) < 4.78 is 11.0. The minimum absolute atomic E-state index is 0.286. The Bertz CT molecular complexity index is 522. The van der Waals surface area contributed by atoms with Crippen LogP contribution in [0.15, 0.2) is 22.7 Å². The molecule has 5 nitrogen and oxygen atoms in total. The lowest BCUT2D eigenvalue weighted by Crippen LogP contribution is -2.04. The number of halogens is 1. The van der Waals surface area contributed by atoms with Crippen LogP contribution in [0, 0.1) is 0 Å². The van der Waals surface area contributed by atoms with Gasteiger partial charge in [0.25, 0.3) is 0 Å². The third-order valence-electron chi connectivity index (χ3n) is 2.02. The van der Waals surface area contributed by atoms with Crippen molar-refractivity contribution in [3.8, 4) is 11.5 Å². The van der Waals surface area contributed by atoms with Gasteiger partial charge in [0, 0.05) is 17.5 Å². The maximum absolute atomic E-state index is 11.0. The molecule has 0 aromatic heterocycles. The number of benzene rings is 1. The van der Waals surface area contributed by atoms with Crippen molar-refractivity contribution in [3.63, 3.8) is 0 Å². The van der Waals surface area contributed by atoms with Crippen LogP contribution in [0.2, 0.25) is 0 Å². The lowest BCUT2D eigenvalue weighted by molar-refractivity contribution is -0.132. The van der Waals surface area contributed by atoms with Crippen LogP contribution in [0.1, 0.15) is 19.4 Å². The summed E-state index contributed by atoms with van der Waals surface area (Å²) in [5.41, 5.74) is 0.613. The fourth-order valence-corrected chi connectivity index (χ4v) is 1.80. The Morgan fingerprint density at radius 2 is 2.05 bits per heavy atom. The molecule has 1 aromatic rings. The van der Waals surface area contributed by atoms with Gasteiger partial charge < -0.3 is 14.6 Å². The van der Waals surface area contributed by atoms with Gasteiger partial charge in [-0.1, -0.05) is 15.9 Å². The zero-order valence-corrected chi connectivity index (χ0v) is 12.1. The van der Waals surface area contributed by atoms with E-state index in [9.17, 15) is 9.59 Å². The third-order valence-corrected chi connectivity index (χ3v) is 2.71. The number of hydrogen-bond donors (Lipinski definition) is 1. The molecule has 0 amide bonds. The van der Waals surface area contributed by atoms with Gasteiger partial charge in [0.1, 0.15) is 0 Å². The van der Waals surface area contributed by atoms with E-state index in [-0.39, 0.29) is 5.75 Å². The molecule has 19 heavy (non-hydrogen) atoms. The number of carboxylic acid groups (broad SMARTS) is 1. The third kappa shape index (κ3) is 4.75. The summed E-state index contributed by atoms with van der Waals surface area (Å²) in [7, 11) is 0. The lowest BCUT2D eigenvalue weighted by atomic mass is 10.2. The molecule has 1 aromatic carbocycles. The van der Waals surface area contributed by atoms with Crippen LogP contribution in [0.25, 0.3) is 6.08 Å². The first kappa shape index (κ1) is 15.2. The molecule has 0 saturated carbocycles. The van der Waals surface area contributed by atoms with Gasteiger partial charge in [-0.05, 0) is 30.7 Å². The van der Waals surface area contributed by atoms with Gasteiger partial charge in [0.15, 0.2) is 11.5 Å². The second-order valence-corrected chi connectivity index (χ2v) is 4.37. The number of esters is 1. The van der Waals surface area contributed by atoms with Gasteiger partial charge in [-0.15, -0.1) is 0 Å². The van der Waals surface area contributed by atoms with E-state index in [0.29, 0.717) is 22.4 Å². The van der Waals surface area contributed by atoms with Crippen molar-refractivity contribution in [2.45, 2.75) is 13.8 Å². The van der Waals surface area contributed by atoms with Crippen LogP contribution in [0.5, 0.6) is 11.5 Å². The SMILES string of the molecule is CCOc1cc(C=CC(=O)O)c(Br)cc1OC(C)=O. The summed E-state index contributed by atoms with van der Waals surface area (Å²) in [6, 6.07) is 3.17. The van der Waals surface area contributed by atoms with Crippen molar-refractivity contribution in [1.82, 2.24) is 0 Å². The molecule has 0 aliphatic rings. The number of ether oxygens (including phenoxy) is 2. The topological polar surface area (TPSA) is 72.8 Å². The highest BCUT2D eigenvalue weighted by atomic mass is 79.9. The zero-order valence-electron chi connectivity index (χ0n) is 10.5. The number of carbonyl (C=O) groups excluding carboxylic acids is 1. The van der Waals surface area contributed by atoms with E-state index in [2.05, 4.69) is 15.9 Å². The molecule has 102 valence electrons. The van der Waals surface area contributed by atoms with Crippen LogP contribution < -0.4 is 9.47 Å². The monoisotopic (exact) mass is 328 g/mol. The summed E-state index contributed by atoms with van der Waals surface area (Å²) in [6.07, 6.45) is 2.44. The molecular weight excluding hydrogens is 316 g/mol. The zero-order chi connectivity index (χ0) is 14.4. The first-order valence-electron chi connectivity index (χ1n) is 5.49. The smallest absolute Gasteiger partial charge is 0.328 e. The quantitative estimate of drug-likeness (QED) is 0.511. The van der Waals surface area contributed by atoms with Crippen LogP contribution in [-0.2, 0) is 9.59 Å². The van der Waals surface area contributed by atoms with Gasteiger partial charge in [-0.2, -0.15) is 0 Å². The molecule has 1 rings (SSSR count). The van der Waals surface area contributed by atoms with Crippen molar-refractivity contribution in [2.24, 2.45) is 0 Å². The average molecular weight is 329 g/mol. The van der Waals surface area contributed by atoms with E-state index in [1.54, 1.807) is 19.1 Å². The first-order valence-corrected chi connectivity index (χ1v) is 6.29. The van der Waals surface area contributed by atoms with Gasteiger partial charge in [0.2, 0.25) is 0 Å². The second kappa shape index (κ2) is 6.94. The summed E-state index contributed by atoms with van der Waals surface area (Å²) >= 11 is 3.28. The summed E-state index contributed by atoms with van der Waals surface area (Å²) in [5.74, 6) is -0.838. The number of carboxylic acids is 1. The first-order chi connectivity index (χ1) is 8.93. The molecule has 0 heterocycles. The van der Waals surface area contributed by atoms with Gasteiger partial charge >= 0.3 is 11.9 Å². The molecule has 0 atom stereocenters. The molecule has 0 aliphatic carbocycles. The number of aliphatic carboxylic acids is 1. The fourth-order valence-electron chi connectivity index (χ4n) is 1.34. The van der Waals surface area contributed by atoms with Gasteiger partial charge in [0.05, 0.1) is 6.61 Å². The normalized spacial score (nSPS) is 10.5. The maximum atomic E-state index is 11.0. The predicted octanol–water partition coefficient (Wildman–Crippen LogP) is 2.87. The Hall–Kier alpha value is -1.82. The Morgan fingerprint density at radius 3 is 2.58 bits per heavy atom. The average Bonchev–Trinajstić information content (AvgIpc) is 2.30. The molecule has 0 fully saturated rings. The summed E-state index contributed by atoms with van der Waals surface area (Å²) in [6.45, 7) is 3.49. The lowest BCUT2D eigenvalue weighted by Gasteiger charge is -2.11. The van der Waals surface area contributed by atoms with E-state index >= 15 is 0 Å². The highest BCUT2D eigenvalue weighted by Gasteiger charge is 2.11. The van der Waals surface area contributed by atoms with E-state index in [1.807, 2.05) is 0 Å². The fraction of sp³-hybridized carbons (Fsp3) is 0.231. The van der Waals surface area contributed by atoms with Crippen LogP contribution in [0.4, 0.5) is 0 Å². The Balaban J connectivity index is 3.19. The minimum Gasteiger partial charge on any atom is -0.490 e. The standard InChI is InChI=1S/C13H13BrO5/c1-3-18-11-6-9(4-5-13(16)17)10(14)7-12(11)19-8(2)15/h4-7H,3H2,1-2H3,(H,16,17). The number of hydrogen-bond acceptors (Lipinski definition) is 4.